The van der Waals surface area contributed by atoms with Crippen LogP contribution in [-0.4, -0.2) is 35.7 Å². The Bertz CT molecular complexity index is 542. The summed E-state index contributed by atoms with van der Waals surface area (Å²) in [6, 6.07) is 4.86. The summed E-state index contributed by atoms with van der Waals surface area (Å²) in [4.78, 5) is 24.3. The van der Waals surface area contributed by atoms with Gasteiger partial charge in [0.25, 0.3) is 0 Å². The minimum absolute atomic E-state index is 0.116. The van der Waals surface area contributed by atoms with Crippen molar-refractivity contribution in [2.75, 3.05) is 13.8 Å². The third-order valence-corrected chi connectivity index (χ3v) is 3.49. The van der Waals surface area contributed by atoms with Gasteiger partial charge in [0.05, 0.1) is 0 Å². The van der Waals surface area contributed by atoms with Gasteiger partial charge in [-0.2, -0.15) is 0 Å². The number of amides is 1. The van der Waals surface area contributed by atoms with E-state index >= 15 is 0 Å². The molecule has 1 N–H and O–H groups in total. The van der Waals surface area contributed by atoms with Crippen LogP contribution in [0.4, 0.5) is 0 Å². The molecular weight excluding hydrogens is 250 g/mol. The molecule has 0 fully saturated rings. The van der Waals surface area contributed by atoms with Crippen LogP contribution in [-0.2, 0) is 15.1 Å². The van der Waals surface area contributed by atoms with Gasteiger partial charge in [0.15, 0.2) is 17.0 Å². The second-order valence-electron chi connectivity index (χ2n) is 4.52. The Balaban J connectivity index is 2.51. The second kappa shape index (κ2) is 4.46. The predicted molar refractivity (Wildman–Crippen MR) is 66.0 cm³/mol. The number of carboxylic acids is 1. The van der Waals surface area contributed by atoms with Gasteiger partial charge < -0.3 is 19.5 Å². The third-order valence-electron chi connectivity index (χ3n) is 3.49. The first-order chi connectivity index (χ1) is 8.87. The molecule has 0 radical (unpaired) electrons. The number of carbonyl (C=O) groups is 2. The second-order valence-corrected chi connectivity index (χ2v) is 4.52. The number of hydrogen-bond acceptors (Lipinski definition) is 4. The van der Waals surface area contributed by atoms with E-state index in [0.717, 1.165) is 0 Å². The Hall–Kier alpha value is -2.24. The smallest absolute Gasteiger partial charge is 0.334 e. The molecule has 1 unspecified atom stereocenters. The van der Waals surface area contributed by atoms with Crippen molar-refractivity contribution in [1.82, 2.24) is 4.90 Å². The van der Waals surface area contributed by atoms with Crippen LogP contribution < -0.4 is 9.47 Å². The van der Waals surface area contributed by atoms with Gasteiger partial charge in [0.1, 0.15) is 0 Å². The van der Waals surface area contributed by atoms with E-state index in [1.807, 2.05) is 0 Å². The molecule has 0 saturated carbocycles. The molecule has 1 aromatic carbocycles. The van der Waals surface area contributed by atoms with E-state index in [2.05, 4.69) is 0 Å². The van der Waals surface area contributed by atoms with Crippen LogP contribution >= 0.6 is 0 Å². The molecule has 0 saturated heterocycles. The molecule has 1 amide bonds. The summed E-state index contributed by atoms with van der Waals surface area (Å²) >= 11 is 0. The van der Waals surface area contributed by atoms with Crippen LogP contribution in [0.25, 0.3) is 0 Å². The first-order valence-electron chi connectivity index (χ1n) is 5.75. The number of hydrogen-bond donors (Lipinski definition) is 1. The normalized spacial score (nSPS) is 15.7. The van der Waals surface area contributed by atoms with Gasteiger partial charge in [-0.1, -0.05) is 6.07 Å². The van der Waals surface area contributed by atoms with Crippen LogP contribution in [0.1, 0.15) is 19.4 Å². The summed E-state index contributed by atoms with van der Waals surface area (Å²) in [5.74, 6) is -0.379. The molecule has 2 rings (SSSR count). The molecular formula is C13H15NO5. The zero-order chi connectivity index (χ0) is 14.2. The highest BCUT2D eigenvalue weighted by Gasteiger charge is 2.41. The van der Waals surface area contributed by atoms with Crippen molar-refractivity contribution in [2.45, 2.75) is 19.4 Å². The summed E-state index contributed by atoms with van der Waals surface area (Å²) < 4.78 is 10.4. The van der Waals surface area contributed by atoms with Crippen molar-refractivity contribution in [3.05, 3.63) is 23.8 Å². The molecule has 0 bridgehead atoms. The minimum Gasteiger partial charge on any atom is -0.479 e. The standard InChI is InChI=1S/C13H15NO5/c1-8(15)14(3)13(2,12(16)17)9-4-5-10-11(6-9)19-7-18-10/h4-6H,7H2,1-3H3,(H,16,17). The maximum absolute atomic E-state index is 11.6. The van der Waals surface area contributed by atoms with E-state index in [1.165, 1.54) is 25.8 Å². The lowest BCUT2D eigenvalue weighted by Gasteiger charge is -2.34. The molecule has 1 atom stereocenters. The van der Waals surface area contributed by atoms with Gasteiger partial charge in [-0.25, -0.2) is 4.79 Å². The van der Waals surface area contributed by atoms with Crippen molar-refractivity contribution in [1.29, 1.82) is 0 Å². The number of nitrogens with zero attached hydrogens (tertiary/aromatic N) is 1. The highest BCUT2D eigenvalue weighted by Crippen LogP contribution is 2.37. The van der Waals surface area contributed by atoms with E-state index in [0.29, 0.717) is 17.1 Å². The van der Waals surface area contributed by atoms with Crippen molar-refractivity contribution >= 4 is 11.9 Å². The molecule has 1 aliphatic heterocycles. The van der Waals surface area contributed by atoms with E-state index in [4.69, 9.17) is 9.47 Å². The Labute approximate surface area is 110 Å². The zero-order valence-corrected chi connectivity index (χ0v) is 11.0. The van der Waals surface area contributed by atoms with E-state index in [9.17, 15) is 14.7 Å². The first-order valence-corrected chi connectivity index (χ1v) is 5.75. The maximum Gasteiger partial charge on any atom is 0.334 e. The Kier molecular flexibility index (Phi) is 3.09. The highest BCUT2D eigenvalue weighted by molar-refractivity contribution is 5.87. The minimum atomic E-state index is -1.45. The van der Waals surface area contributed by atoms with Gasteiger partial charge in [0, 0.05) is 14.0 Å². The quantitative estimate of drug-likeness (QED) is 0.888. The monoisotopic (exact) mass is 265 g/mol. The molecule has 6 nitrogen and oxygen atoms in total. The fraction of sp³-hybridized carbons (Fsp3) is 0.385. The van der Waals surface area contributed by atoms with Gasteiger partial charge >= 0.3 is 5.97 Å². The molecule has 102 valence electrons. The van der Waals surface area contributed by atoms with Crippen molar-refractivity contribution in [2.24, 2.45) is 0 Å². The van der Waals surface area contributed by atoms with Crippen LogP contribution in [0, 0.1) is 0 Å². The number of carbonyl (C=O) groups excluding carboxylic acids is 1. The largest absolute Gasteiger partial charge is 0.479 e. The molecule has 0 aliphatic carbocycles. The highest BCUT2D eigenvalue weighted by atomic mass is 16.7. The van der Waals surface area contributed by atoms with Crippen LogP contribution in [0.3, 0.4) is 0 Å². The number of fused-ring (bicyclic) bond motifs is 1. The number of carboxylic acid groups (broad SMARTS) is 1. The van der Waals surface area contributed by atoms with E-state index in [-0.39, 0.29) is 12.7 Å². The number of rotatable bonds is 3. The molecule has 0 spiro atoms. The maximum atomic E-state index is 11.6. The summed E-state index contributed by atoms with van der Waals surface area (Å²) in [6.45, 7) is 2.92. The summed E-state index contributed by atoms with van der Waals surface area (Å²) in [7, 11) is 1.46. The van der Waals surface area contributed by atoms with Crippen molar-refractivity contribution in [3.63, 3.8) is 0 Å². The topological polar surface area (TPSA) is 76.1 Å². The lowest BCUT2D eigenvalue weighted by Crippen LogP contribution is -2.49. The average Bonchev–Trinajstić information content (AvgIpc) is 2.83. The third kappa shape index (κ3) is 1.99. The molecule has 0 aromatic heterocycles. The van der Waals surface area contributed by atoms with Crippen LogP contribution in [0.15, 0.2) is 18.2 Å². The summed E-state index contributed by atoms with van der Waals surface area (Å²) in [5, 5.41) is 9.49. The molecule has 19 heavy (non-hydrogen) atoms. The van der Waals surface area contributed by atoms with Crippen molar-refractivity contribution in [3.8, 4) is 11.5 Å². The van der Waals surface area contributed by atoms with Gasteiger partial charge in [0.2, 0.25) is 12.7 Å². The molecule has 1 aromatic rings. The first kappa shape index (κ1) is 13.2. The number of aliphatic carboxylic acids is 1. The van der Waals surface area contributed by atoms with Crippen LogP contribution in [0.2, 0.25) is 0 Å². The zero-order valence-electron chi connectivity index (χ0n) is 11.0. The van der Waals surface area contributed by atoms with E-state index in [1.54, 1.807) is 18.2 Å². The summed E-state index contributed by atoms with van der Waals surface area (Å²) in [6.07, 6.45) is 0. The van der Waals surface area contributed by atoms with Gasteiger partial charge in [-0.15, -0.1) is 0 Å². The number of benzene rings is 1. The van der Waals surface area contributed by atoms with Gasteiger partial charge in [-0.05, 0) is 24.6 Å². The fourth-order valence-electron chi connectivity index (χ4n) is 1.97. The molecule has 1 heterocycles. The fourth-order valence-corrected chi connectivity index (χ4v) is 1.97. The number of likely N-dealkylation sites (N-methyl/N-ethyl adjacent to an activating group) is 1. The summed E-state index contributed by atoms with van der Waals surface area (Å²) in [5.41, 5.74) is -0.991. The average molecular weight is 265 g/mol. The lowest BCUT2D eigenvalue weighted by atomic mass is 9.90. The Morgan fingerprint density at radius 3 is 2.53 bits per heavy atom. The Morgan fingerprint density at radius 1 is 1.32 bits per heavy atom. The van der Waals surface area contributed by atoms with Gasteiger partial charge in [-0.3, -0.25) is 4.79 Å². The predicted octanol–water partition coefficient (Wildman–Crippen LogP) is 1.19. The number of ether oxygens (including phenoxy) is 2. The van der Waals surface area contributed by atoms with E-state index < -0.39 is 11.5 Å². The molecule has 1 aliphatic rings. The van der Waals surface area contributed by atoms with Crippen molar-refractivity contribution < 1.29 is 24.2 Å². The Morgan fingerprint density at radius 2 is 1.95 bits per heavy atom. The molecule has 6 heteroatoms. The van der Waals surface area contributed by atoms with Crippen LogP contribution in [0.5, 0.6) is 11.5 Å². The lowest BCUT2D eigenvalue weighted by molar-refractivity contribution is -0.156. The SMILES string of the molecule is CC(=O)N(C)C(C)(C(=O)O)c1ccc2c(c1)OCO2.